The van der Waals surface area contributed by atoms with E-state index in [0.29, 0.717) is 15.6 Å². The lowest BCUT2D eigenvalue weighted by Gasteiger charge is -2.08. The van der Waals surface area contributed by atoms with E-state index in [1.54, 1.807) is 12.1 Å². The van der Waals surface area contributed by atoms with Gasteiger partial charge < -0.3 is 0 Å². The van der Waals surface area contributed by atoms with Gasteiger partial charge in [-0.25, -0.2) is 0 Å². The highest BCUT2D eigenvalue weighted by atomic mass is 79.9. The molecule has 0 saturated heterocycles. The molecular weight excluding hydrogens is 345 g/mol. The van der Waals surface area contributed by atoms with Crippen molar-refractivity contribution >= 4 is 21.7 Å². The number of aryl methyl sites for hydroxylation is 1. The van der Waals surface area contributed by atoms with Gasteiger partial charge in [0.25, 0.3) is 0 Å². The summed E-state index contributed by atoms with van der Waals surface area (Å²) in [7, 11) is 0. The number of alkyl halides is 3. The lowest BCUT2D eigenvalue weighted by Crippen LogP contribution is -2.07. The van der Waals surface area contributed by atoms with Gasteiger partial charge in [-0.15, -0.1) is 0 Å². The number of hydrogen-bond acceptors (Lipinski definition) is 1. The summed E-state index contributed by atoms with van der Waals surface area (Å²) in [6.45, 7) is 1.88. The number of ketones is 1. The summed E-state index contributed by atoms with van der Waals surface area (Å²) in [5.41, 5.74) is 1.33. The third-order valence-electron chi connectivity index (χ3n) is 3.07. The molecular formula is C16H12BrF3O. The Morgan fingerprint density at radius 3 is 2.29 bits per heavy atom. The smallest absolute Gasteiger partial charge is 0.294 e. The molecule has 110 valence electrons. The summed E-state index contributed by atoms with van der Waals surface area (Å²) < 4.78 is 38.1. The zero-order chi connectivity index (χ0) is 15.6. The van der Waals surface area contributed by atoms with E-state index in [0.717, 1.165) is 17.7 Å². The van der Waals surface area contributed by atoms with Crippen molar-refractivity contribution in [2.45, 2.75) is 19.5 Å². The molecule has 2 rings (SSSR count). The molecule has 0 aliphatic carbocycles. The average Bonchev–Trinajstić information content (AvgIpc) is 2.41. The Bertz CT molecular complexity index is 660. The topological polar surface area (TPSA) is 17.1 Å². The molecule has 0 bridgehead atoms. The highest BCUT2D eigenvalue weighted by Gasteiger charge is 2.30. The summed E-state index contributed by atoms with van der Waals surface area (Å²) in [5, 5.41) is 0. The van der Waals surface area contributed by atoms with Crippen LogP contribution in [0.25, 0.3) is 0 Å². The van der Waals surface area contributed by atoms with Gasteiger partial charge in [0.1, 0.15) is 0 Å². The Hall–Kier alpha value is -1.62. The van der Waals surface area contributed by atoms with Gasteiger partial charge in [0.05, 0.1) is 5.56 Å². The van der Waals surface area contributed by atoms with Crippen molar-refractivity contribution in [1.82, 2.24) is 0 Å². The number of carbonyl (C=O) groups excluding carboxylic acids is 1. The summed E-state index contributed by atoms with van der Waals surface area (Å²) in [4.78, 5) is 12.2. The minimum Gasteiger partial charge on any atom is -0.294 e. The Morgan fingerprint density at radius 1 is 1.10 bits per heavy atom. The van der Waals surface area contributed by atoms with Crippen LogP contribution >= 0.6 is 15.9 Å². The first kappa shape index (κ1) is 15.8. The second kappa shape index (κ2) is 6.02. The molecule has 0 saturated carbocycles. The molecule has 0 spiro atoms. The maximum atomic E-state index is 12.5. The lowest BCUT2D eigenvalue weighted by molar-refractivity contribution is -0.137. The van der Waals surface area contributed by atoms with E-state index in [1.165, 1.54) is 12.1 Å². The van der Waals surface area contributed by atoms with E-state index in [4.69, 9.17) is 0 Å². The monoisotopic (exact) mass is 356 g/mol. The predicted molar refractivity (Wildman–Crippen MR) is 78.4 cm³/mol. The van der Waals surface area contributed by atoms with E-state index >= 15 is 0 Å². The lowest BCUT2D eigenvalue weighted by atomic mass is 10.0. The first-order chi connectivity index (χ1) is 9.77. The minimum atomic E-state index is -4.36. The Labute approximate surface area is 128 Å². The second-order valence-electron chi connectivity index (χ2n) is 4.78. The molecule has 0 amide bonds. The van der Waals surface area contributed by atoms with Gasteiger partial charge in [0.2, 0.25) is 0 Å². The van der Waals surface area contributed by atoms with Crippen molar-refractivity contribution in [3.63, 3.8) is 0 Å². The molecule has 0 aromatic heterocycles. The van der Waals surface area contributed by atoms with Gasteiger partial charge in [-0.3, -0.25) is 4.79 Å². The molecule has 21 heavy (non-hydrogen) atoms. The molecule has 1 nitrogen and oxygen atoms in total. The van der Waals surface area contributed by atoms with Crippen LogP contribution in [0.3, 0.4) is 0 Å². The predicted octanol–water partition coefficient (Wildman–Crippen LogP) is 5.20. The second-order valence-corrected chi connectivity index (χ2v) is 5.63. The van der Waals surface area contributed by atoms with Crippen molar-refractivity contribution in [3.8, 4) is 0 Å². The Balaban J connectivity index is 2.18. The number of benzene rings is 2. The fourth-order valence-electron chi connectivity index (χ4n) is 1.94. The normalized spacial score (nSPS) is 11.5. The molecule has 0 heterocycles. The van der Waals surface area contributed by atoms with Crippen LogP contribution in [-0.2, 0) is 12.6 Å². The molecule has 0 fully saturated rings. The van der Waals surface area contributed by atoms with Crippen LogP contribution < -0.4 is 0 Å². The van der Waals surface area contributed by atoms with Gasteiger partial charge in [0.15, 0.2) is 5.78 Å². The van der Waals surface area contributed by atoms with Crippen LogP contribution in [-0.4, -0.2) is 5.78 Å². The van der Waals surface area contributed by atoms with Gasteiger partial charge in [-0.05, 0) is 36.8 Å². The summed E-state index contributed by atoms with van der Waals surface area (Å²) >= 11 is 3.31. The molecule has 2 aromatic rings. The number of Topliss-reactive ketones (excluding diaryl/α,β-unsaturated/α-hetero) is 1. The number of hydrogen-bond donors (Lipinski definition) is 0. The molecule has 0 aliphatic heterocycles. The fraction of sp³-hybridized carbons (Fsp3) is 0.188. The molecule has 2 aromatic carbocycles. The first-order valence-corrected chi connectivity index (χ1v) is 7.02. The minimum absolute atomic E-state index is 0.0696. The SMILES string of the molecule is Cc1ccc(Br)c(C(=O)Cc2ccc(C(F)(F)F)cc2)c1. The molecule has 0 atom stereocenters. The highest BCUT2D eigenvalue weighted by Crippen LogP contribution is 2.29. The van der Waals surface area contributed by atoms with E-state index in [1.807, 2.05) is 13.0 Å². The van der Waals surface area contributed by atoms with Crippen molar-refractivity contribution in [2.24, 2.45) is 0 Å². The number of halogens is 4. The van der Waals surface area contributed by atoms with E-state index in [-0.39, 0.29) is 12.2 Å². The van der Waals surface area contributed by atoms with Crippen LogP contribution in [0.4, 0.5) is 13.2 Å². The zero-order valence-corrected chi connectivity index (χ0v) is 12.8. The average molecular weight is 357 g/mol. The standard InChI is InChI=1S/C16H12BrF3O/c1-10-2-7-14(17)13(8-10)15(21)9-11-3-5-12(6-4-11)16(18,19)20/h2-8H,9H2,1H3. The molecule has 0 radical (unpaired) electrons. The van der Waals surface area contributed by atoms with Crippen molar-refractivity contribution in [3.05, 3.63) is 69.2 Å². The quantitative estimate of drug-likeness (QED) is 0.690. The van der Waals surface area contributed by atoms with E-state index < -0.39 is 11.7 Å². The van der Waals surface area contributed by atoms with Crippen LogP contribution in [0.2, 0.25) is 0 Å². The van der Waals surface area contributed by atoms with Crippen molar-refractivity contribution < 1.29 is 18.0 Å². The number of rotatable bonds is 3. The summed E-state index contributed by atoms with van der Waals surface area (Å²) in [5.74, 6) is -0.134. The molecule has 0 N–H and O–H groups in total. The van der Waals surface area contributed by atoms with Gasteiger partial charge in [-0.1, -0.05) is 39.7 Å². The zero-order valence-electron chi connectivity index (χ0n) is 11.2. The van der Waals surface area contributed by atoms with Crippen molar-refractivity contribution in [1.29, 1.82) is 0 Å². The fourth-order valence-corrected chi connectivity index (χ4v) is 2.41. The summed E-state index contributed by atoms with van der Waals surface area (Å²) in [6, 6.07) is 10.1. The van der Waals surface area contributed by atoms with Gasteiger partial charge >= 0.3 is 6.18 Å². The number of carbonyl (C=O) groups is 1. The Morgan fingerprint density at radius 2 is 1.71 bits per heavy atom. The van der Waals surface area contributed by atoms with Gasteiger partial charge in [0, 0.05) is 16.5 Å². The third-order valence-corrected chi connectivity index (χ3v) is 3.76. The third kappa shape index (κ3) is 3.94. The first-order valence-electron chi connectivity index (χ1n) is 6.23. The largest absolute Gasteiger partial charge is 0.416 e. The van der Waals surface area contributed by atoms with Crippen molar-refractivity contribution in [2.75, 3.05) is 0 Å². The molecule has 0 unspecified atom stereocenters. The maximum Gasteiger partial charge on any atom is 0.416 e. The van der Waals surface area contributed by atoms with Crippen LogP contribution in [0.1, 0.15) is 27.0 Å². The highest BCUT2D eigenvalue weighted by molar-refractivity contribution is 9.10. The van der Waals surface area contributed by atoms with Crippen LogP contribution in [0.5, 0.6) is 0 Å². The van der Waals surface area contributed by atoms with Gasteiger partial charge in [-0.2, -0.15) is 13.2 Å². The maximum absolute atomic E-state index is 12.5. The van der Waals surface area contributed by atoms with Crippen LogP contribution in [0.15, 0.2) is 46.9 Å². The van der Waals surface area contributed by atoms with E-state index in [9.17, 15) is 18.0 Å². The van der Waals surface area contributed by atoms with Crippen LogP contribution in [0, 0.1) is 6.92 Å². The Kier molecular flexibility index (Phi) is 4.52. The molecule has 5 heteroatoms. The van der Waals surface area contributed by atoms with E-state index in [2.05, 4.69) is 15.9 Å². The summed E-state index contributed by atoms with van der Waals surface area (Å²) in [6.07, 6.45) is -4.29. The molecule has 0 aliphatic rings.